The average Bonchev–Trinajstić information content (AvgIpc) is 2.52. The molecule has 0 aromatic heterocycles. The predicted octanol–water partition coefficient (Wildman–Crippen LogP) is 4.19. The van der Waals surface area contributed by atoms with E-state index in [2.05, 4.69) is 5.32 Å². The number of nitrogens with two attached hydrogens (primary N) is 1. The monoisotopic (exact) mass is 382 g/mol. The van der Waals surface area contributed by atoms with E-state index in [0.29, 0.717) is 37.5 Å². The van der Waals surface area contributed by atoms with Crippen LogP contribution in [0.25, 0.3) is 0 Å². The number of hydrogen-bond acceptors (Lipinski definition) is 2. The van der Waals surface area contributed by atoms with Gasteiger partial charge in [0.25, 0.3) is 0 Å². The summed E-state index contributed by atoms with van der Waals surface area (Å²) in [5, 5.41) is 2.40. The van der Waals surface area contributed by atoms with Crippen LogP contribution in [-0.2, 0) is 4.79 Å². The Bertz CT molecular complexity index is 440. The zero-order chi connectivity index (χ0) is 17.3. The van der Waals surface area contributed by atoms with E-state index in [4.69, 9.17) is 5.73 Å². The first-order valence-electron chi connectivity index (χ1n) is 9.49. The Hall–Kier alpha value is -0.490. The van der Waals surface area contributed by atoms with E-state index < -0.39 is 24.0 Å². The Morgan fingerprint density at radius 3 is 2.04 bits per heavy atom. The summed E-state index contributed by atoms with van der Waals surface area (Å²) >= 11 is 0. The van der Waals surface area contributed by atoms with Crippen molar-refractivity contribution in [2.45, 2.75) is 82.5 Å². The molecule has 3 rings (SSSR count). The lowest BCUT2D eigenvalue weighted by Gasteiger charge is -2.44. The second-order valence-electron chi connectivity index (χ2n) is 8.12. The van der Waals surface area contributed by atoms with Crippen LogP contribution in [-0.4, -0.2) is 24.2 Å². The quantitative estimate of drug-likeness (QED) is 0.769. The minimum atomic E-state index is -4.36. The van der Waals surface area contributed by atoms with Gasteiger partial charge in [-0.2, -0.15) is 13.2 Å². The number of alkyl halides is 3. The van der Waals surface area contributed by atoms with Crippen molar-refractivity contribution in [1.29, 1.82) is 0 Å². The molecular weight excluding hydrogens is 353 g/mol. The van der Waals surface area contributed by atoms with Crippen LogP contribution in [0, 0.1) is 23.7 Å². The summed E-state index contributed by atoms with van der Waals surface area (Å²) in [6.07, 6.45) is 3.86. The standard InChI is InChI=1S/C18H29F3N2O.ClH/c19-18(20,21)16(11-5-2-1-3-6-11)23-17(24)14-9-12-7-4-8-13(10-14)15(12)22;/h11-16H,1-10,22H2,(H,23,24);1H. The minimum absolute atomic E-state index is 0. The number of nitrogens with one attached hydrogen (secondary N) is 1. The van der Waals surface area contributed by atoms with Gasteiger partial charge in [-0.05, 0) is 56.3 Å². The van der Waals surface area contributed by atoms with Crippen LogP contribution < -0.4 is 11.1 Å². The molecule has 25 heavy (non-hydrogen) atoms. The maximum Gasteiger partial charge on any atom is 0.408 e. The van der Waals surface area contributed by atoms with Gasteiger partial charge in [0.15, 0.2) is 0 Å². The highest BCUT2D eigenvalue weighted by atomic mass is 35.5. The first-order valence-corrected chi connectivity index (χ1v) is 9.49. The molecule has 0 aromatic rings. The molecule has 3 aliphatic rings. The normalized spacial score (nSPS) is 34.7. The molecular formula is C18H30ClF3N2O. The predicted molar refractivity (Wildman–Crippen MR) is 93.3 cm³/mol. The Labute approximate surface area is 154 Å². The van der Waals surface area contributed by atoms with E-state index in [9.17, 15) is 18.0 Å². The highest BCUT2D eigenvalue weighted by molar-refractivity contribution is 5.85. The van der Waals surface area contributed by atoms with Gasteiger partial charge in [-0.15, -0.1) is 12.4 Å². The van der Waals surface area contributed by atoms with Crippen molar-refractivity contribution in [1.82, 2.24) is 5.32 Å². The summed E-state index contributed by atoms with van der Waals surface area (Å²) in [7, 11) is 0. The van der Waals surface area contributed by atoms with Crippen molar-refractivity contribution in [3.63, 3.8) is 0 Å². The number of amides is 1. The first-order chi connectivity index (χ1) is 11.4. The molecule has 7 heteroatoms. The van der Waals surface area contributed by atoms with Gasteiger partial charge in [-0.1, -0.05) is 25.7 Å². The van der Waals surface area contributed by atoms with Crippen LogP contribution in [0.2, 0.25) is 0 Å². The van der Waals surface area contributed by atoms with Crippen LogP contribution in [0.4, 0.5) is 13.2 Å². The van der Waals surface area contributed by atoms with Gasteiger partial charge in [0.2, 0.25) is 5.91 Å². The van der Waals surface area contributed by atoms with Crippen LogP contribution in [0.1, 0.15) is 64.2 Å². The van der Waals surface area contributed by atoms with E-state index >= 15 is 0 Å². The smallest absolute Gasteiger partial charge is 0.344 e. The summed E-state index contributed by atoms with van der Waals surface area (Å²) in [5.41, 5.74) is 6.22. The molecule has 3 unspecified atom stereocenters. The molecule has 3 aliphatic carbocycles. The van der Waals surface area contributed by atoms with E-state index in [1.165, 1.54) is 0 Å². The molecule has 3 atom stereocenters. The Kier molecular flexibility index (Phi) is 7.05. The molecule has 3 saturated carbocycles. The molecule has 1 amide bonds. The summed E-state index contributed by atoms with van der Waals surface area (Å²) in [5.74, 6) is -0.562. The highest BCUT2D eigenvalue weighted by Gasteiger charge is 2.47. The van der Waals surface area contributed by atoms with Gasteiger partial charge in [-0.25, -0.2) is 0 Å². The topological polar surface area (TPSA) is 55.1 Å². The Morgan fingerprint density at radius 1 is 0.960 bits per heavy atom. The lowest BCUT2D eigenvalue weighted by molar-refractivity contribution is -0.176. The third-order valence-electron chi connectivity index (χ3n) is 6.56. The minimum Gasteiger partial charge on any atom is -0.344 e. The van der Waals surface area contributed by atoms with Crippen LogP contribution in [0.5, 0.6) is 0 Å². The average molecular weight is 383 g/mol. The highest BCUT2D eigenvalue weighted by Crippen LogP contribution is 2.42. The number of fused-ring (bicyclic) bond motifs is 2. The Morgan fingerprint density at radius 2 is 1.52 bits per heavy atom. The number of hydrogen-bond donors (Lipinski definition) is 2. The van der Waals surface area contributed by atoms with E-state index in [1.807, 2.05) is 0 Å². The summed E-state index contributed by atoms with van der Waals surface area (Å²) < 4.78 is 40.5. The van der Waals surface area contributed by atoms with Crippen molar-refractivity contribution >= 4 is 18.3 Å². The van der Waals surface area contributed by atoms with Crippen molar-refractivity contribution in [2.75, 3.05) is 0 Å². The fourth-order valence-electron chi connectivity index (χ4n) is 5.21. The molecule has 146 valence electrons. The number of carbonyl (C=O) groups is 1. The molecule has 0 radical (unpaired) electrons. The molecule has 0 aliphatic heterocycles. The molecule has 2 bridgehead atoms. The third kappa shape index (κ3) is 4.82. The second kappa shape index (κ2) is 8.47. The number of rotatable bonds is 3. The van der Waals surface area contributed by atoms with Gasteiger partial charge < -0.3 is 11.1 Å². The first kappa shape index (κ1) is 20.8. The summed E-state index contributed by atoms with van der Waals surface area (Å²) in [4.78, 5) is 12.6. The zero-order valence-corrected chi connectivity index (χ0v) is 15.4. The van der Waals surface area contributed by atoms with Crippen molar-refractivity contribution in [3.05, 3.63) is 0 Å². The molecule has 0 spiro atoms. The maximum absolute atomic E-state index is 13.5. The van der Waals surface area contributed by atoms with Crippen molar-refractivity contribution in [2.24, 2.45) is 29.4 Å². The molecule has 3 N–H and O–H groups in total. The lowest BCUT2D eigenvalue weighted by Crippen LogP contribution is -2.54. The van der Waals surface area contributed by atoms with Gasteiger partial charge in [0, 0.05) is 12.0 Å². The SMILES string of the molecule is Cl.NC1C2CCCC1CC(C(=O)NC(C1CCCCC1)C(F)(F)F)C2. The number of halogens is 4. The molecule has 3 nitrogen and oxygen atoms in total. The van der Waals surface area contributed by atoms with E-state index in [0.717, 1.165) is 38.5 Å². The Balaban J connectivity index is 0.00000225. The molecule has 0 heterocycles. The van der Waals surface area contributed by atoms with Crippen molar-refractivity contribution in [3.8, 4) is 0 Å². The zero-order valence-electron chi connectivity index (χ0n) is 14.6. The summed E-state index contributed by atoms with van der Waals surface area (Å²) in [6.45, 7) is 0. The number of carbonyl (C=O) groups excluding carboxylic acids is 1. The van der Waals surface area contributed by atoms with Gasteiger partial charge in [0.05, 0.1) is 0 Å². The van der Waals surface area contributed by atoms with Gasteiger partial charge in [0.1, 0.15) is 6.04 Å². The largest absolute Gasteiger partial charge is 0.408 e. The molecule has 0 saturated heterocycles. The third-order valence-corrected chi connectivity index (χ3v) is 6.56. The summed E-state index contributed by atoms with van der Waals surface area (Å²) in [6, 6.07) is -1.56. The van der Waals surface area contributed by atoms with Crippen LogP contribution in [0.15, 0.2) is 0 Å². The van der Waals surface area contributed by atoms with Crippen LogP contribution >= 0.6 is 12.4 Å². The fraction of sp³-hybridized carbons (Fsp3) is 0.944. The molecule has 3 fully saturated rings. The maximum atomic E-state index is 13.5. The van der Waals surface area contributed by atoms with E-state index in [1.54, 1.807) is 0 Å². The molecule has 0 aromatic carbocycles. The lowest BCUT2D eigenvalue weighted by atomic mass is 9.65. The second-order valence-corrected chi connectivity index (χ2v) is 8.12. The van der Waals surface area contributed by atoms with Gasteiger partial charge >= 0.3 is 6.18 Å². The fourth-order valence-corrected chi connectivity index (χ4v) is 5.21. The van der Waals surface area contributed by atoms with Crippen LogP contribution in [0.3, 0.4) is 0 Å². The van der Waals surface area contributed by atoms with Crippen molar-refractivity contribution < 1.29 is 18.0 Å². The van der Waals surface area contributed by atoms with Gasteiger partial charge in [-0.3, -0.25) is 4.79 Å². The van der Waals surface area contributed by atoms with E-state index in [-0.39, 0.29) is 24.4 Å².